The molecule has 1 heterocycles. The third-order valence-corrected chi connectivity index (χ3v) is 3.57. The molecule has 0 saturated heterocycles. The van der Waals surface area contributed by atoms with Gasteiger partial charge in [0.2, 0.25) is 0 Å². The Labute approximate surface area is 108 Å². The molecule has 1 nitrogen and oxygen atoms in total. The first-order valence-corrected chi connectivity index (χ1v) is 7.08. The Kier molecular flexibility index (Phi) is 4.35. The Morgan fingerprint density at radius 3 is 2.82 bits per heavy atom. The van der Waals surface area contributed by atoms with Gasteiger partial charge in [-0.25, -0.2) is 0 Å². The first kappa shape index (κ1) is 12.3. The van der Waals surface area contributed by atoms with Crippen LogP contribution in [0.4, 0.5) is 0 Å². The van der Waals surface area contributed by atoms with Crippen LogP contribution in [-0.4, -0.2) is 6.54 Å². The summed E-state index contributed by atoms with van der Waals surface area (Å²) in [7, 11) is 0. The fourth-order valence-electron chi connectivity index (χ4n) is 1.92. The van der Waals surface area contributed by atoms with Crippen LogP contribution >= 0.6 is 11.3 Å². The van der Waals surface area contributed by atoms with Crippen LogP contribution in [0.1, 0.15) is 24.5 Å². The summed E-state index contributed by atoms with van der Waals surface area (Å²) in [5, 5.41) is 7.80. The molecule has 2 heteroatoms. The van der Waals surface area contributed by atoms with Crippen molar-refractivity contribution >= 4 is 11.3 Å². The van der Waals surface area contributed by atoms with Crippen molar-refractivity contribution in [2.24, 2.45) is 0 Å². The van der Waals surface area contributed by atoms with E-state index in [0.717, 1.165) is 13.1 Å². The maximum absolute atomic E-state index is 3.45. The molecule has 2 aromatic rings. The van der Waals surface area contributed by atoms with Crippen molar-refractivity contribution < 1.29 is 0 Å². The van der Waals surface area contributed by atoms with Gasteiger partial charge >= 0.3 is 0 Å². The lowest BCUT2D eigenvalue weighted by Crippen LogP contribution is -2.13. The SMILES string of the molecule is CCCNCc1ccc(C)c(-c2ccsc2)c1. The summed E-state index contributed by atoms with van der Waals surface area (Å²) in [6, 6.07) is 8.93. The van der Waals surface area contributed by atoms with E-state index in [-0.39, 0.29) is 0 Å². The van der Waals surface area contributed by atoms with Gasteiger partial charge in [0.25, 0.3) is 0 Å². The Bertz CT molecular complexity index is 460. The van der Waals surface area contributed by atoms with Crippen LogP contribution in [0, 0.1) is 6.92 Å². The van der Waals surface area contributed by atoms with E-state index in [1.54, 1.807) is 11.3 Å². The monoisotopic (exact) mass is 245 g/mol. The molecule has 2 rings (SSSR count). The van der Waals surface area contributed by atoms with Gasteiger partial charge in [-0.1, -0.05) is 19.1 Å². The van der Waals surface area contributed by atoms with Gasteiger partial charge < -0.3 is 5.32 Å². The third kappa shape index (κ3) is 3.18. The molecule has 17 heavy (non-hydrogen) atoms. The molecule has 0 aliphatic heterocycles. The quantitative estimate of drug-likeness (QED) is 0.778. The van der Waals surface area contributed by atoms with Crippen molar-refractivity contribution in [1.29, 1.82) is 0 Å². The highest BCUT2D eigenvalue weighted by Crippen LogP contribution is 2.26. The molecule has 0 atom stereocenters. The van der Waals surface area contributed by atoms with Gasteiger partial charge in [-0.15, -0.1) is 0 Å². The summed E-state index contributed by atoms with van der Waals surface area (Å²) in [6.07, 6.45) is 1.18. The second-order valence-electron chi connectivity index (χ2n) is 4.34. The molecule has 0 amide bonds. The van der Waals surface area contributed by atoms with Crippen LogP contribution in [0.3, 0.4) is 0 Å². The van der Waals surface area contributed by atoms with E-state index in [1.807, 2.05) is 0 Å². The average Bonchev–Trinajstić information content (AvgIpc) is 2.85. The van der Waals surface area contributed by atoms with E-state index in [0.29, 0.717) is 0 Å². The number of nitrogens with one attached hydrogen (secondary N) is 1. The van der Waals surface area contributed by atoms with Crippen molar-refractivity contribution in [3.05, 3.63) is 46.2 Å². The second-order valence-corrected chi connectivity index (χ2v) is 5.12. The van der Waals surface area contributed by atoms with Crippen molar-refractivity contribution in [1.82, 2.24) is 5.32 Å². The molecule has 1 N–H and O–H groups in total. The fourth-order valence-corrected chi connectivity index (χ4v) is 2.57. The second kappa shape index (κ2) is 5.99. The smallest absolute Gasteiger partial charge is 0.0205 e. The number of benzene rings is 1. The molecule has 0 fully saturated rings. The van der Waals surface area contributed by atoms with Gasteiger partial charge in [-0.3, -0.25) is 0 Å². The minimum Gasteiger partial charge on any atom is -0.313 e. The molecular formula is C15H19NS. The van der Waals surface area contributed by atoms with E-state index >= 15 is 0 Å². The maximum atomic E-state index is 3.45. The van der Waals surface area contributed by atoms with Gasteiger partial charge in [0.1, 0.15) is 0 Å². The molecule has 0 unspecified atom stereocenters. The molecule has 0 aliphatic rings. The summed E-state index contributed by atoms with van der Waals surface area (Å²) in [5.74, 6) is 0. The summed E-state index contributed by atoms with van der Waals surface area (Å²) >= 11 is 1.75. The molecule has 0 spiro atoms. The molecule has 0 bridgehead atoms. The van der Waals surface area contributed by atoms with E-state index in [1.165, 1.54) is 28.7 Å². The van der Waals surface area contributed by atoms with Crippen LogP contribution in [0.25, 0.3) is 11.1 Å². The molecule has 90 valence electrons. The minimum atomic E-state index is 0.964. The minimum absolute atomic E-state index is 0.964. The summed E-state index contributed by atoms with van der Waals surface area (Å²) in [6.45, 7) is 6.42. The first-order chi connectivity index (χ1) is 8.31. The highest BCUT2D eigenvalue weighted by Gasteiger charge is 2.03. The molecule has 0 aliphatic carbocycles. The molecule has 0 saturated carbocycles. The lowest BCUT2D eigenvalue weighted by atomic mass is 10.0. The highest BCUT2D eigenvalue weighted by molar-refractivity contribution is 7.08. The lowest BCUT2D eigenvalue weighted by Gasteiger charge is -2.08. The van der Waals surface area contributed by atoms with Crippen molar-refractivity contribution in [3.63, 3.8) is 0 Å². The third-order valence-electron chi connectivity index (χ3n) is 2.89. The van der Waals surface area contributed by atoms with Crippen LogP contribution in [0.5, 0.6) is 0 Å². The van der Waals surface area contributed by atoms with Crippen LogP contribution < -0.4 is 5.32 Å². The lowest BCUT2D eigenvalue weighted by molar-refractivity contribution is 0.675. The molecule has 0 radical (unpaired) electrons. The van der Waals surface area contributed by atoms with Crippen molar-refractivity contribution in [2.75, 3.05) is 6.54 Å². The van der Waals surface area contributed by atoms with Gasteiger partial charge in [-0.05, 0) is 65.0 Å². The van der Waals surface area contributed by atoms with Crippen LogP contribution in [0.2, 0.25) is 0 Å². The van der Waals surface area contributed by atoms with E-state index in [2.05, 4.69) is 54.2 Å². The molecular weight excluding hydrogens is 226 g/mol. The van der Waals surface area contributed by atoms with Gasteiger partial charge in [0.15, 0.2) is 0 Å². The Hall–Kier alpha value is -1.12. The summed E-state index contributed by atoms with van der Waals surface area (Å²) in [4.78, 5) is 0. The average molecular weight is 245 g/mol. The normalized spacial score (nSPS) is 10.7. The van der Waals surface area contributed by atoms with E-state index in [9.17, 15) is 0 Å². The predicted octanol–water partition coefficient (Wildman–Crippen LogP) is 4.22. The topological polar surface area (TPSA) is 12.0 Å². The zero-order chi connectivity index (χ0) is 12.1. The zero-order valence-electron chi connectivity index (χ0n) is 10.5. The van der Waals surface area contributed by atoms with Crippen molar-refractivity contribution in [3.8, 4) is 11.1 Å². The number of hydrogen-bond acceptors (Lipinski definition) is 2. The van der Waals surface area contributed by atoms with Crippen LogP contribution in [0.15, 0.2) is 35.0 Å². The largest absolute Gasteiger partial charge is 0.313 e. The highest BCUT2D eigenvalue weighted by atomic mass is 32.1. The standard InChI is InChI=1S/C15H19NS/c1-3-7-16-10-13-5-4-12(2)15(9-13)14-6-8-17-11-14/h4-6,8-9,11,16H,3,7,10H2,1-2H3. The first-order valence-electron chi connectivity index (χ1n) is 6.14. The predicted molar refractivity (Wildman–Crippen MR) is 76.5 cm³/mol. The number of aryl methyl sites for hydroxylation is 1. The fraction of sp³-hybridized carbons (Fsp3) is 0.333. The Morgan fingerprint density at radius 2 is 2.12 bits per heavy atom. The van der Waals surface area contributed by atoms with E-state index in [4.69, 9.17) is 0 Å². The zero-order valence-corrected chi connectivity index (χ0v) is 11.3. The van der Waals surface area contributed by atoms with E-state index < -0.39 is 0 Å². The van der Waals surface area contributed by atoms with Crippen LogP contribution in [-0.2, 0) is 6.54 Å². The summed E-state index contributed by atoms with van der Waals surface area (Å²) in [5.41, 5.74) is 5.42. The van der Waals surface area contributed by atoms with Gasteiger partial charge in [0, 0.05) is 6.54 Å². The van der Waals surface area contributed by atoms with Gasteiger partial charge in [-0.2, -0.15) is 11.3 Å². The van der Waals surface area contributed by atoms with Gasteiger partial charge in [0.05, 0.1) is 0 Å². The molecule has 1 aromatic heterocycles. The number of hydrogen-bond donors (Lipinski definition) is 1. The number of rotatable bonds is 5. The Morgan fingerprint density at radius 1 is 1.24 bits per heavy atom. The summed E-state index contributed by atoms with van der Waals surface area (Å²) < 4.78 is 0. The Balaban J connectivity index is 2.18. The van der Waals surface area contributed by atoms with Crippen molar-refractivity contribution in [2.45, 2.75) is 26.8 Å². The maximum Gasteiger partial charge on any atom is 0.0205 e. The molecule has 1 aromatic carbocycles. The number of thiophene rings is 1.